The van der Waals surface area contributed by atoms with Gasteiger partial charge in [0.15, 0.2) is 0 Å². The molecule has 0 bridgehead atoms. The summed E-state index contributed by atoms with van der Waals surface area (Å²) in [7, 11) is 0. The van der Waals surface area contributed by atoms with Crippen molar-refractivity contribution in [2.75, 3.05) is 0 Å². The molecule has 3 unspecified atom stereocenters. The lowest BCUT2D eigenvalue weighted by Gasteiger charge is -2.00. The molecule has 146 valence electrons. The van der Waals surface area contributed by atoms with Gasteiger partial charge in [-0.15, -0.1) is 0 Å². The standard InChI is InChI=1S/C22H34O4/c1-2-20-21(26-20)18-19(23)16-14-12-10-8-6-4-3-5-7-9-11-13-15-17-22(24)25/h4-7,10,12,14,16,19-21,23H,2-3,8-9,11,13,15,17-18H2,1H3,(H,24,25)/b6-4-,7-5-,12-10-,16-14+. The van der Waals surface area contributed by atoms with Crippen LogP contribution in [0.25, 0.3) is 0 Å². The van der Waals surface area contributed by atoms with Crippen molar-refractivity contribution in [2.24, 2.45) is 0 Å². The predicted molar refractivity (Wildman–Crippen MR) is 106 cm³/mol. The molecule has 0 amide bonds. The lowest BCUT2D eigenvalue weighted by Crippen LogP contribution is -2.07. The molecule has 4 nitrogen and oxygen atoms in total. The van der Waals surface area contributed by atoms with Gasteiger partial charge in [0, 0.05) is 12.8 Å². The molecule has 0 spiro atoms. The molecule has 1 rings (SSSR count). The van der Waals surface area contributed by atoms with E-state index in [1.165, 1.54) is 0 Å². The molecule has 4 heteroatoms. The minimum absolute atomic E-state index is 0.240. The van der Waals surface area contributed by atoms with Crippen LogP contribution in [0.4, 0.5) is 0 Å². The number of aliphatic hydroxyl groups excluding tert-OH is 1. The van der Waals surface area contributed by atoms with Gasteiger partial charge in [0.05, 0.1) is 18.3 Å². The molecule has 26 heavy (non-hydrogen) atoms. The number of hydrogen-bond acceptors (Lipinski definition) is 3. The Morgan fingerprint density at radius 1 is 1.00 bits per heavy atom. The summed E-state index contributed by atoms with van der Waals surface area (Å²) in [4.78, 5) is 10.4. The minimum Gasteiger partial charge on any atom is -0.481 e. The van der Waals surface area contributed by atoms with E-state index in [0.717, 1.165) is 44.9 Å². The maximum absolute atomic E-state index is 10.4. The Labute approximate surface area is 158 Å². The van der Waals surface area contributed by atoms with Crippen molar-refractivity contribution >= 4 is 5.97 Å². The van der Waals surface area contributed by atoms with Crippen LogP contribution < -0.4 is 0 Å². The Morgan fingerprint density at radius 2 is 1.73 bits per heavy atom. The van der Waals surface area contributed by atoms with Crippen LogP contribution in [0.15, 0.2) is 48.6 Å². The summed E-state index contributed by atoms with van der Waals surface area (Å²) in [6, 6.07) is 0. The van der Waals surface area contributed by atoms with Gasteiger partial charge in [0.25, 0.3) is 0 Å². The third-order valence-electron chi connectivity index (χ3n) is 4.28. The fourth-order valence-electron chi connectivity index (χ4n) is 2.69. The topological polar surface area (TPSA) is 70.1 Å². The summed E-state index contributed by atoms with van der Waals surface area (Å²) in [5, 5.41) is 18.4. The number of allylic oxidation sites excluding steroid dienone is 7. The van der Waals surface area contributed by atoms with Crippen molar-refractivity contribution < 1.29 is 19.7 Å². The zero-order valence-corrected chi connectivity index (χ0v) is 15.9. The fourth-order valence-corrected chi connectivity index (χ4v) is 2.69. The second-order valence-electron chi connectivity index (χ2n) is 6.64. The van der Waals surface area contributed by atoms with Gasteiger partial charge < -0.3 is 14.9 Å². The average Bonchev–Trinajstić information content (AvgIpc) is 3.36. The third kappa shape index (κ3) is 12.7. The summed E-state index contributed by atoms with van der Waals surface area (Å²) in [5.41, 5.74) is 0. The van der Waals surface area contributed by atoms with Crippen molar-refractivity contribution in [1.29, 1.82) is 0 Å². The number of aliphatic hydroxyl groups is 1. The molecule has 0 saturated carbocycles. The molecule has 2 N–H and O–H groups in total. The number of rotatable bonds is 15. The first kappa shape index (κ1) is 22.4. The maximum atomic E-state index is 10.4. The summed E-state index contributed by atoms with van der Waals surface area (Å²) < 4.78 is 5.42. The highest BCUT2D eigenvalue weighted by molar-refractivity contribution is 5.66. The monoisotopic (exact) mass is 362 g/mol. The summed E-state index contributed by atoms with van der Waals surface area (Å²) in [6.45, 7) is 2.10. The molecule has 0 aliphatic carbocycles. The molecule has 1 fully saturated rings. The Hall–Kier alpha value is -1.65. The van der Waals surface area contributed by atoms with Gasteiger partial charge in [-0.05, 0) is 38.5 Å². The van der Waals surface area contributed by atoms with Crippen molar-refractivity contribution in [3.8, 4) is 0 Å². The molecule has 1 aliphatic rings. The Balaban J connectivity index is 1.94. The van der Waals surface area contributed by atoms with E-state index >= 15 is 0 Å². The van der Waals surface area contributed by atoms with Crippen LogP contribution in [0, 0.1) is 0 Å². The number of epoxide rings is 1. The lowest BCUT2D eigenvalue weighted by atomic mass is 10.1. The lowest BCUT2D eigenvalue weighted by molar-refractivity contribution is -0.137. The van der Waals surface area contributed by atoms with Crippen molar-refractivity contribution in [3.05, 3.63) is 48.6 Å². The van der Waals surface area contributed by atoms with Crippen LogP contribution in [0.5, 0.6) is 0 Å². The van der Waals surface area contributed by atoms with Crippen LogP contribution in [-0.2, 0) is 9.53 Å². The third-order valence-corrected chi connectivity index (χ3v) is 4.28. The quantitative estimate of drug-likeness (QED) is 0.187. The Kier molecular flexibility index (Phi) is 12.5. The van der Waals surface area contributed by atoms with Crippen LogP contribution in [0.2, 0.25) is 0 Å². The Morgan fingerprint density at radius 3 is 2.42 bits per heavy atom. The van der Waals surface area contributed by atoms with Gasteiger partial charge in [0.2, 0.25) is 0 Å². The zero-order valence-electron chi connectivity index (χ0n) is 15.9. The maximum Gasteiger partial charge on any atom is 0.303 e. The van der Waals surface area contributed by atoms with Crippen molar-refractivity contribution in [1.82, 2.24) is 0 Å². The molecule has 3 atom stereocenters. The van der Waals surface area contributed by atoms with Crippen LogP contribution in [-0.4, -0.2) is 34.5 Å². The first-order valence-electron chi connectivity index (χ1n) is 9.82. The Bertz CT molecular complexity index is 490. The summed E-state index contributed by atoms with van der Waals surface area (Å²) in [5.74, 6) is -0.704. The van der Waals surface area contributed by atoms with E-state index in [9.17, 15) is 9.90 Å². The molecule has 1 saturated heterocycles. The van der Waals surface area contributed by atoms with E-state index < -0.39 is 12.1 Å². The largest absolute Gasteiger partial charge is 0.481 e. The zero-order chi connectivity index (χ0) is 19.0. The predicted octanol–water partition coefficient (Wildman–Crippen LogP) is 4.95. The molecule has 0 radical (unpaired) electrons. The number of aliphatic carboxylic acids is 1. The van der Waals surface area contributed by atoms with E-state index in [0.29, 0.717) is 12.5 Å². The normalized spacial score (nSPS) is 21.5. The van der Waals surface area contributed by atoms with E-state index in [2.05, 4.69) is 37.3 Å². The first-order chi connectivity index (χ1) is 12.6. The van der Waals surface area contributed by atoms with E-state index in [1.807, 2.05) is 18.2 Å². The fraction of sp³-hybridized carbons (Fsp3) is 0.591. The highest BCUT2D eigenvalue weighted by Crippen LogP contribution is 2.29. The van der Waals surface area contributed by atoms with E-state index in [1.54, 1.807) is 0 Å². The SMILES string of the molecule is CCC1OC1CC(O)/C=C/C=C\C/C=C\C/C=C\CCCCCC(=O)O. The molecule has 0 aromatic heterocycles. The molecule has 0 aromatic rings. The number of carbonyl (C=O) groups is 1. The van der Waals surface area contributed by atoms with Gasteiger partial charge in [-0.25, -0.2) is 0 Å². The van der Waals surface area contributed by atoms with Crippen LogP contribution >= 0.6 is 0 Å². The highest BCUT2D eigenvalue weighted by Gasteiger charge is 2.37. The van der Waals surface area contributed by atoms with E-state index in [-0.39, 0.29) is 12.5 Å². The van der Waals surface area contributed by atoms with Crippen molar-refractivity contribution in [3.63, 3.8) is 0 Å². The van der Waals surface area contributed by atoms with Crippen LogP contribution in [0.1, 0.15) is 64.7 Å². The van der Waals surface area contributed by atoms with Crippen LogP contribution in [0.3, 0.4) is 0 Å². The minimum atomic E-state index is -0.704. The summed E-state index contributed by atoms with van der Waals surface area (Å²) in [6.07, 6.45) is 24.1. The molecule has 1 aliphatic heterocycles. The number of carboxylic acid groups (broad SMARTS) is 1. The molecule has 0 aromatic carbocycles. The van der Waals surface area contributed by atoms with E-state index in [4.69, 9.17) is 9.84 Å². The van der Waals surface area contributed by atoms with Gasteiger partial charge in [-0.2, -0.15) is 0 Å². The second-order valence-corrected chi connectivity index (χ2v) is 6.64. The molecule has 1 heterocycles. The number of unbranched alkanes of at least 4 members (excludes halogenated alkanes) is 3. The molecular formula is C22H34O4. The number of ether oxygens (including phenoxy) is 1. The first-order valence-corrected chi connectivity index (χ1v) is 9.82. The second kappa shape index (κ2) is 14.5. The van der Waals surface area contributed by atoms with Crippen molar-refractivity contribution in [2.45, 2.75) is 83.0 Å². The van der Waals surface area contributed by atoms with Gasteiger partial charge in [0.1, 0.15) is 0 Å². The van der Waals surface area contributed by atoms with Gasteiger partial charge in [-0.3, -0.25) is 4.79 Å². The number of hydrogen-bond donors (Lipinski definition) is 2. The molecular weight excluding hydrogens is 328 g/mol. The summed E-state index contributed by atoms with van der Waals surface area (Å²) >= 11 is 0. The average molecular weight is 363 g/mol. The van der Waals surface area contributed by atoms with Gasteiger partial charge in [-0.1, -0.05) is 62.0 Å². The highest BCUT2D eigenvalue weighted by atomic mass is 16.6. The van der Waals surface area contributed by atoms with Gasteiger partial charge >= 0.3 is 5.97 Å². The number of carboxylic acids is 1. The smallest absolute Gasteiger partial charge is 0.303 e.